The predicted molar refractivity (Wildman–Crippen MR) is 45.2 cm³/mol. The van der Waals surface area contributed by atoms with Gasteiger partial charge in [-0.2, -0.15) is 13.2 Å². The van der Waals surface area contributed by atoms with Crippen molar-refractivity contribution in [2.45, 2.75) is 6.18 Å². The molecule has 0 radical (unpaired) electrons. The van der Waals surface area contributed by atoms with Crippen LogP contribution in [0.3, 0.4) is 0 Å². The number of aromatic hydroxyl groups is 1. The first kappa shape index (κ1) is 10.2. The van der Waals surface area contributed by atoms with Gasteiger partial charge in [-0.05, 0) is 28.1 Å². The Hall–Kier alpha value is -0.910. The average Bonchev–Trinajstić information content (AvgIpc) is 1.95. The van der Waals surface area contributed by atoms with E-state index in [1.807, 2.05) is 0 Å². The van der Waals surface area contributed by atoms with Gasteiger partial charge in [0.25, 0.3) is 0 Å². The van der Waals surface area contributed by atoms with E-state index in [4.69, 9.17) is 10.8 Å². The van der Waals surface area contributed by atoms with E-state index >= 15 is 0 Å². The van der Waals surface area contributed by atoms with E-state index in [1.54, 1.807) is 0 Å². The molecule has 0 spiro atoms. The third-order valence-corrected chi connectivity index (χ3v) is 2.29. The smallest absolute Gasteiger partial charge is 0.421 e. The maximum absolute atomic E-state index is 12.2. The summed E-state index contributed by atoms with van der Waals surface area (Å²) in [6.07, 6.45) is -4.61. The second-order valence-electron chi connectivity index (χ2n) is 2.36. The van der Waals surface area contributed by atoms with Crippen LogP contribution in [0, 0.1) is 0 Å². The van der Waals surface area contributed by atoms with Crippen molar-refractivity contribution in [1.29, 1.82) is 0 Å². The van der Waals surface area contributed by atoms with Crippen molar-refractivity contribution in [3.63, 3.8) is 0 Å². The van der Waals surface area contributed by atoms with Gasteiger partial charge in [0.2, 0.25) is 0 Å². The van der Waals surface area contributed by atoms with Crippen LogP contribution in [-0.4, -0.2) is 5.11 Å². The number of hydrogen-bond acceptors (Lipinski definition) is 2. The fourth-order valence-electron chi connectivity index (χ4n) is 0.852. The number of nitrogens with two attached hydrogens (primary N) is 1. The highest BCUT2D eigenvalue weighted by Gasteiger charge is 2.36. The Labute approximate surface area is 80.3 Å². The Balaban J connectivity index is 3.43. The molecule has 0 unspecified atom stereocenters. The Bertz CT molecular complexity index is 337. The summed E-state index contributed by atoms with van der Waals surface area (Å²) in [5.41, 5.74) is 4.02. The van der Waals surface area contributed by atoms with Crippen molar-refractivity contribution in [2.24, 2.45) is 0 Å². The Morgan fingerprint density at radius 1 is 1.31 bits per heavy atom. The van der Waals surface area contributed by atoms with Gasteiger partial charge in [-0.25, -0.2) is 0 Å². The molecule has 1 aromatic rings. The Morgan fingerprint density at radius 3 is 2.23 bits per heavy atom. The molecule has 1 aromatic carbocycles. The first-order valence-electron chi connectivity index (χ1n) is 3.18. The lowest BCUT2D eigenvalue weighted by Gasteiger charge is -2.12. The minimum absolute atomic E-state index is 0.0647. The number of phenolic OH excluding ortho intramolecular Hbond substituents is 1. The summed E-state index contributed by atoms with van der Waals surface area (Å²) >= 11 is 2.66. The van der Waals surface area contributed by atoms with Crippen LogP contribution in [0.2, 0.25) is 0 Å². The summed E-state index contributed by atoms with van der Waals surface area (Å²) in [5.74, 6) is -0.839. The SMILES string of the molecule is Nc1ccc(O)c(C(F)(F)F)c1Br. The van der Waals surface area contributed by atoms with E-state index in [1.165, 1.54) is 6.07 Å². The highest BCUT2D eigenvalue weighted by Crippen LogP contribution is 2.42. The largest absolute Gasteiger partial charge is 0.507 e. The molecule has 0 bridgehead atoms. The van der Waals surface area contributed by atoms with Gasteiger partial charge in [-0.15, -0.1) is 0 Å². The van der Waals surface area contributed by atoms with Crippen LogP contribution >= 0.6 is 15.9 Å². The summed E-state index contributed by atoms with van der Waals surface area (Å²) in [6.45, 7) is 0. The summed E-state index contributed by atoms with van der Waals surface area (Å²) in [7, 11) is 0. The summed E-state index contributed by atoms with van der Waals surface area (Å²) in [5, 5.41) is 8.95. The molecule has 0 heterocycles. The molecule has 13 heavy (non-hydrogen) atoms. The van der Waals surface area contributed by atoms with Crippen molar-refractivity contribution in [3.8, 4) is 5.75 Å². The molecule has 0 fully saturated rings. The van der Waals surface area contributed by atoms with Gasteiger partial charge in [0, 0.05) is 5.69 Å². The van der Waals surface area contributed by atoms with E-state index in [-0.39, 0.29) is 10.2 Å². The van der Waals surface area contributed by atoms with E-state index < -0.39 is 17.5 Å². The van der Waals surface area contributed by atoms with Gasteiger partial charge in [0.05, 0.1) is 4.47 Å². The number of alkyl halides is 3. The van der Waals surface area contributed by atoms with Gasteiger partial charge in [0.15, 0.2) is 0 Å². The maximum Gasteiger partial charge on any atom is 0.421 e. The molecule has 0 atom stereocenters. The van der Waals surface area contributed by atoms with Crippen LogP contribution in [-0.2, 0) is 6.18 Å². The molecule has 1 rings (SSSR count). The summed E-state index contributed by atoms with van der Waals surface area (Å²) < 4.78 is 36.4. The molecule has 0 aromatic heterocycles. The fraction of sp³-hybridized carbons (Fsp3) is 0.143. The lowest BCUT2D eigenvalue weighted by atomic mass is 10.2. The molecule has 0 aliphatic rings. The number of anilines is 1. The maximum atomic E-state index is 12.2. The van der Waals surface area contributed by atoms with Gasteiger partial charge in [-0.3, -0.25) is 0 Å². The van der Waals surface area contributed by atoms with Crippen molar-refractivity contribution in [2.75, 3.05) is 5.73 Å². The first-order chi connectivity index (χ1) is 5.84. The summed E-state index contributed by atoms with van der Waals surface area (Å²) in [6, 6.07) is 2.09. The van der Waals surface area contributed by atoms with E-state index in [9.17, 15) is 13.2 Å². The van der Waals surface area contributed by atoms with Gasteiger partial charge < -0.3 is 10.8 Å². The average molecular weight is 256 g/mol. The number of nitrogen functional groups attached to an aromatic ring is 1. The molecule has 0 aliphatic heterocycles. The van der Waals surface area contributed by atoms with Crippen molar-refractivity contribution >= 4 is 21.6 Å². The van der Waals surface area contributed by atoms with Gasteiger partial charge in [-0.1, -0.05) is 0 Å². The zero-order valence-corrected chi connectivity index (χ0v) is 7.78. The quantitative estimate of drug-likeness (QED) is 0.553. The van der Waals surface area contributed by atoms with E-state index in [0.717, 1.165) is 6.07 Å². The number of rotatable bonds is 0. The van der Waals surface area contributed by atoms with Crippen molar-refractivity contribution < 1.29 is 18.3 Å². The minimum atomic E-state index is -4.61. The van der Waals surface area contributed by atoms with E-state index in [2.05, 4.69) is 15.9 Å². The highest BCUT2D eigenvalue weighted by atomic mass is 79.9. The molecule has 0 amide bonds. The molecule has 6 heteroatoms. The number of benzene rings is 1. The Kier molecular flexibility index (Phi) is 2.42. The topological polar surface area (TPSA) is 46.2 Å². The molecule has 72 valence electrons. The highest BCUT2D eigenvalue weighted by molar-refractivity contribution is 9.10. The lowest BCUT2D eigenvalue weighted by Crippen LogP contribution is -2.07. The third kappa shape index (κ3) is 1.88. The summed E-state index contributed by atoms with van der Waals surface area (Å²) in [4.78, 5) is 0. The van der Waals surface area contributed by atoms with Crippen LogP contribution in [0.4, 0.5) is 18.9 Å². The molecule has 2 nitrogen and oxygen atoms in total. The van der Waals surface area contributed by atoms with Crippen LogP contribution in [0.25, 0.3) is 0 Å². The van der Waals surface area contributed by atoms with Crippen LogP contribution in [0.5, 0.6) is 5.75 Å². The standard InChI is InChI=1S/C7H5BrF3NO/c8-6-3(12)1-2-4(13)5(6)7(9,10)11/h1-2,13H,12H2. The molecular weight excluding hydrogens is 251 g/mol. The lowest BCUT2D eigenvalue weighted by molar-refractivity contribution is -0.139. The van der Waals surface area contributed by atoms with Crippen LogP contribution in [0.15, 0.2) is 16.6 Å². The fourth-order valence-corrected chi connectivity index (χ4v) is 1.41. The Morgan fingerprint density at radius 2 is 1.85 bits per heavy atom. The third-order valence-electron chi connectivity index (χ3n) is 1.43. The van der Waals surface area contributed by atoms with Crippen molar-refractivity contribution in [3.05, 3.63) is 22.2 Å². The number of hydrogen-bond donors (Lipinski definition) is 2. The second kappa shape index (κ2) is 3.10. The number of halogens is 4. The molecule has 3 N–H and O–H groups in total. The minimum Gasteiger partial charge on any atom is -0.507 e. The predicted octanol–water partition coefficient (Wildman–Crippen LogP) is 2.76. The first-order valence-corrected chi connectivity index (χ1v) is 3.97. The van der Waals surface area contributed by atoms with Gasteiger partial charge in [0.1, 0.15) is 11.3 Å². The molecular formula is C7H5BrF3NO. The number of phenols is 1. The van der Waals surface area contributed by atoms with E-state index in [0.29, 0.717) is 0 Å². The zero-order chi connectivity index (χ0) is 10.2. The van der Waals surface area contributed by atoms with Crippen molar-refractivity contribution in [1.82, 2.24) is 0 Å². The molecule has 0 saturated carbocycles. The molecule has 0 saturated heterocycles. The monoisotopic (exact) mass is 255 g/mol. The van der Waals surface area contributed by atoms with Crippen LogP contribution < -0.4 is 5.73 Å². The second-order valence-corrected chi connectivity index (χ2v) is 3.15. The van der Waals surface area contributed by atoms with Crippen LogP contribution in [0.1, 0.15) is 5.56 Å². The normalized spacial score (nSPS) is 11.7. The molecule has 0 aliphatic carbocycles. The zero-order valence-electron chi connectivity index (χ0n) is 6.19. The van der Waals surface area contributed by atoms with Gasteiger partial charge >= 0.3 is 6.18 Å².